The van der Waals surface area contributed by atoms with E-state index in [-0.39, 0.29) is 11.5 Å². The minimum Gasteiger partial charge on any atom is -0.455 e. The van der Waals surface area contributed by atoms with Gasteiger partial charge in [0, 0.05) is 10.5 Å². The molecule has 106 valence electrons. The SMILES string of the molecule is Nc1ccc(Br)cc1Oc1cccc(OC(F)(F)F)c1. The third kappa shape index (κ3) is 4.06. The predicted octanol–water partition coefficient (Wildman–Crippen LogP) is 4.72. The van der Waals surface area contributed by atoms with Crippen molar-refractivity contribution in [3.05, 3.63) is 46.9 Å². The van der Waals surface area contributed by atoms with E-state index in [4.69, 9.17) is 10.5 Å². The van der Waals surface area contributed by atoms with Gasteiger partial charge in [-0.05, 0) is 30.3 Å². The van der Waals surface area contributed by atoms with Gasteiger partial charge in [0.15, 0.2) is 5.75 Å². The minimum atomic E-state index is -4.74. The Hall–Kier alpha value is -1.89. The fraction of sp³-hybridized carbons (Fsp3) is 0.0769. The lowest BCUT2D eigenvalue weighted by Gasteiger charge is -2.12. The van der Waals surface area contributed by atoms with Crippen molar-refractivity contribution in [3.63, 3.8) is 0 Å². The average Bonchev–Trinajstić information content (AvgIpc) is 2.32. The van der Waals surface area contributed by atoms with Gasteiger partial charge in [-0.1, -0.05) is 22.0 Å². The second kappa shape index (κ2) is 5.62. The summed E-state index contributed by atoms with van der Waals surface area (Å²) in [4.78, 5) is 0. The molecule has 0 saturated heterocycles. The number of rotatable bonds is 3. The maximum atomic E-state index is 12.1. The molecule has 0 unspecified atom stereocenters. The third-order valence-electron chi connectivity index (χ3n) is 2.24. The Morgan fingerprint density at radius 3 is 2.40 bits per heavy atom. The van der Waals surface area contributed by atoms with E-state index in [0.29, 0.717) is 11.4 Å². The van der Waals surface area contributed by atoms with Crippen molar-refractivity contribution in [2.24, 2.45) is 0 Å². The maximum absolute atomic E-state index is 12.1. The first-order chi connectivity index (χ1) is 9.33. The Morgan fingerprint density at radius 2 is 1.70 bits per heavy atom. The quantitative estimate of drug-likeness (QED) is 0.817. The van der Waals surface area contributed by atoms with Gasteiger partial charge in [0.2, 0.25) is 0 Å². The van der Waals surface area contributed by atoms with E-state index < -0.39 is 6.36 Å². The first-order valence-corrected chi connectivity index (χ1v) is 6.21. The largest absolute Gasteiger partial charge is 0.573 e. The van der Waals surface area contributed by atoms with Crippen molar-refractivity contribution in [2.45, 2.75) is 6.36 Å². The summed E-state index contributed by atoms with van der Waals surface area (Å²) in [5.74, 6) is 0.170. The van der Waals surface area contributed by atoms with Crippen LogP contribution in [0, 0.1) is 0 Å². The summed E-state index contributed by atoms with van der Waals surface area (Å²) >= 11 is 3.25. The van der Waals surface area contributed by atoms with Crippen LogP contribution in [0.25, 0.3) is 0 Å². The van der Waals surface area contributed by atoms with E-state index in [2.05, 4.69) is 20.7 Å². The molecule has 0 aliphatic heterocycles. The van der Waals surface area contributed by atoms with Gasteiger partial charge in [-0.25, -0.2) is 0 Å². The molecule has 0 saturated carbocycles. The highest BCUT2D eigenvalue weighted by molar-refractivity contribution is 9.10. The lowest BCUT2D eigenvalue weighted by atomic mass is 10.3. The van der Waals surface area contributed by atoms with Gasteiger partial charge in [-0.15, -0.1) is 13.2 Å². The van der Waals surface area contributed by atoms with Crippen LogP contribution in [0.15, 0.2) is 46.9 Å². The summed E-state index contributed by atoms with van der Waals surface area (Å²) < 4.78 is 46.4. The molecule has 2 N–H and O–H groups in total. The van der Waals surface area contributed by atoms with E-state index >= 15 is 0 Å². The molecule has 0 aliphatic carbocycles. The fourth-order valence-corrected chi connectivity index (χ4v) is 1.80. The van der Waals surface area contributed by atoms with Crippen LogP contribution in [0.2, 0.25) is 0 Å². The predicted molar refractivity (Wildman–Crippen MR) is 71.8 cm³/mol. The highest BCUT2D eigenvalue weighted by atomic mass is 79.9. The lowest BCUT2D eigenvalue weighted by Crippen LogP contribution is -2.17. The second-order valence-corrected chi connectivity index (χ2v) is 4.72. The minimum absolute atomic E-state index is 0.191. The molecule has 0 atom stereocenters. The molecular weight excluding hydrogens is 339 g/mol. The highest BCUT2D eigenvalue weighted by Crippen LogP contribution is 2.32. The number of anilines is 1. The van der Waals surface area contributed by atoms with E-state index in [9.17, 15) is 13.2 Å². The summed E-state index contributed by atoms with van der Waals surface area (Å²) in [7, 11) is 0. The second-order valence-electron chi connectivity index (χ2n) is 3.81. The lowest BCUT2D eigenvalue weighted by molar-refractivity contribution is -0.274. The molecule has 0 spiro atoms. The van der Waals surface area contributed by atoms with Crippen LogP contribution in [-0.4, -0.2) is 6.36 Å². The number of hydrogen-bond acceptors (Lipinski definition) is 3. The number of alkyl halides is 3. The monoisotopic (exact) mass is 347 g/mol. The van der Waals surface area contributed by atoms with Crippen LogP contribution >= 0.6 is 15.9 Å². The molecule has 0 aliphatic rings. The molecular formula is C13H9BrF3NO2. The van der Waals surface area contributed by atoms with Gasteiger partial charge in [-0.2, -0.15) is 0 Å². The van der Waals surface area contributed by atoms with Crippen molar-refractivity contribution < 1.29 is 22.6 Å². The summed E-state index contributed by atoms with van der Waals surface area (Å²) in [6.07, 6.45) is -4.74. The Kier molecular flexibility index (Phi) is 4.08. The Bertz CT molecular complexity index is 617. The highest BCUT2D eigenvalue weighted by Gasteiger charge is 2.31. The van der Waals surface area contributed by atoms with Gasteiger partial charge >= 0.3 is 6.36 Å². The van der Waals surface area contributed by atoms with Crippen molar-refractivity contribution in [3.8, 4) is 17.2 Å². The number of halogens is 4. The van der Waals surface area contributed by atoms with Crippen LogP contribution in [-0.2, 0) is 0 Å². The molecule has 0 heterocycles. The molecule has 20 heavy (non-hydrogen) atoms. The van der Waals surface area contributed by atoms with Gasteiger partial charge < -0.3 is 15.2 Å². The molecule has 2 aromatic carbocycles. The van der Waals surface area contributed by atoms with E-state index in [0.717, 1.165) is 10.5 Å². The zero-order valence-corrected chi connectivity index (χ0v) is 11.5. The summed E-state index contributed by atoms with van der Waals surface area (Å²) in [6.45, 7) is 0. The molecule has 0 fully saturated rings. The number of benzene rings is 2. The molecule has 2 rings (SSSR count). The number of nitrogens with two attached hydrogens (primary N) is 1. The molecule has 0 radical (unpaired) electrons. The van der Waals surface area contributed by atoms with Crippen LogP contribution < -0.4 is 15.2 Å². The van der Waals surface area contributed by atoms with Crippen LogP contribution in [0.4, 0.5) is 18.9 Å². The first kappa shape index (κ1) is 14.5. The van der Waals surface area contributed by atoms with Gasteiger partial charge in [0.1, 0.15) is 11.5 Å². The van der Waals surface area contributed by atoms with E-state index in [1.165, 1.54) is 18.2 Å². The zero-order chi connectivity index (χ0) is 14.8. The van der Waals surface area contributed by atoms with Crippen molar-refractivity contribution in [2.75, 3.05) is 5.73 Å². The summed E-state index contributed by atoms with van der Waals surface area (Å²) in [5, 5.41) is 0. The molecule has 3 nitrogen and oxygen atoms in total. The van der Waals surface area contributed by atoms with Gasteiger partial charge in [-0.3, -0.25) is 0 Å². The molecule has 0 aromatic heterocycles. The maximum Gasteiger partial charge on any atom is 0.573 e. The summed E-state index contributed by atoms with van der Waals surface area (Å²) in [6, 6.07) is 10.2. The number of hydrogen-bond donors (Lipinski definition) is 1. The third-order valence-corrected chi connectivity index (χ3v) is 2.74. The number of ether oxygens (including phenoxy) is 2. The van der Waals surface area contributed by atoms with Gasteiger partial charge in [0.25, 0.3) is 0 Å². The molecule has 0 amide bonds. The Labute approximate surface area is 121 Å². The average molecular weight is 348 g/mol. The van der Waals surface area contributed by atoms with Crippen LogP contribution in [0.1, 0.15) is 0 Å². The first-order valence-electron chi connectivity index (χ1n) is 5.42. The van der Waals surface area contributed by atoms with Crippen molar-refractivity contribution >= 4 is 21.6 Å². The van der Waals surface area contributed by atoms with Crippen LogP contribution in [0.5, 0.6) is 17.2 Å². The standard InChI is InChI=1S/C13H9BrF3NO2/c14-8-4-5-11(18)12(6-8)19-9-2-1-3-10(7-9)20-13(15,16)17/h1-7H,18H2. The zero-order valence-electron chi connectivity index (χ0n) is 9.95. The van der Waals surface area contributed by atoms with Crippen LogP contribution in [0.3, 0.4) is 0 Å². The molecule has 7 heteroatoms. The number of nitrogen functional groups attached to an aromatic ring is 1. The Morgan fingerprint density at radius 1 is 1.00 bits per heavy atom. The summed E-state index contributed by atoms with van der Waals surface area (Å²) in [5.41, 5.74) is 6.09. The van der Waals surface area contributed by atoms with Crippen molar-refractivity contribution in [1.82, 2.24) is 0 Å². The van der Waals surface area contributed by atoms with E-state index in [1.807, 2.05) is 0 Å². The molecule has 2 aromatic rings. The normalized spacial score (nSPS) is 11.2. The topological polar surface area (TPSA) is 44.5 Å². The fourth-order valence-electron chi connectivity index (χ4n) is 1.46. The Balaban J connectivity index is 2.21. The van der Waals surface area contributed by atoms with Crippen molar-refractivity contribution in [1.29, 1.82) is 0 Å². The van der Waals surface area contributed by atoms with E-state index in [1.54, 1.807) is 18.2 Å². The smallest absolute Gasteiger partial charge is 0.455 e. The molecule has 0 bridgehead atoms. The van der Waals surface area contributed by atoms with Gasteiger partial charge in [0.05, 0.1) is 5.69 Å².